The zero-order valence-corrected chi connectivity index (χ0v) is 10.3. The van der Waals surface area contributed by atoms with Crippen LogP contribution in [0.25, 0.3) is 0 Å². The maximum Gasteiger partial charge on any atom is 0.235 e. The first-order valence-corrected chi connectivity index (χ1v) is 6.96. The van der Waals surface area contributed by atoms with Crippen LogP contribution in [0.4, 0.5) is 0 Å². The molecule has 0 radical (unpaired) electrons. The number of carbonyl (C=O) groups excluding carboxylic acids is 1. The molecule has 0 heterocycles. The molecular weight excluding hydrogens is 216 g/mol. The molecule has 0 aromatic carbocycles. The molecule has 1 atom stereocenters. The number of hydrogen-bond acceptors (Lipinski definition) is 4. The molecule has 0 fully saturated rings. The summed E-state index contributed by atoms with van der Waals surface area (Å²) in [5, 5.41) is 2.50. The van der Waals surface area contributed by atoms with E-state index in [2.05, 4.69) is 5.32 Å². The Bertz CT molecular complexity index is 298. The summed E-state index contributed by atoms with van der Waals surface area (Å²) in [6.45, 7) is 4.41. The van der Waals surface area contributed by atoms with E-state index in [1.165, 1.54) is 0 Å². The Labute approximate surface area is 91.3 Å². The summed E-state index contributed by atoms with van der Waals surface area (Å²) in [5.74, 6) is -0.495. The molecule has 0 saturated carbocycles. The Morgan fingerprint density at radius 1 is 1.40 bits per heavy atom. The smallest absolute Gasteiger partial charge is 0.235 e. The molecule has 0 saturated heterocycles. The minimum absolute atomic E-state index is 0.117. The molecule has 1 amide bonds. The lowest BCUT2D eigenvalue weighted by Crippen LogP contribution is -2.40. The summed E-state index contributed by atoms with van der Waals surface area (Å²) in [6, 6.07) is -0.117. The highest BCUT2D eigenvalue weighted by Crippen LogP contribution is 2.01. The second-order valence-corrected chi connectivity index (χ2v) is 6.40. The predicted octanol–water partition coefficient (Wildman–Crippen LogP) is -0.479. The summed E-state index contributed by atoms with van der Waals surface area (Å²) in [7, 11) is -3.25. The number of sulfone groups is 1. The van der Waals surface area contributed by atoms with Crippen molar-refractivity contribution in [2.24, 2.45) is 11.7 Å². The van der Waals surface area contributed by atoms with E-state index in [1.54, 1.807) is 0 Å². The zero-order chi connectivity index (χ0) is 12.1. The van der Waals surface area contributed by atoms with E-state index in [1.807, 2.05) is 13.8 Å². The van der Waals surface area contributed by atoms with Crippen molar-refractivity contribution in [2.75, 3.05) is 18.6 Å². The van der Waals surface area contributed by atoms with Gasteiger partial charge in [-0.05, 0) is 12.3 Å². The van der Waals surface area contributed by atoms with Crippen LogP contribution in [-0.2, 0) is 14.6 Å². The van der Waals surface area contributed by atoms with Gasteiger partial charge in [0.25, 0.3) is 0 Å². The van der Waals surface area contributed by atoms with Crippen LogP contribution in [0.5, 0.6) is 0 Å². The molecular formula is C9H20N2O3S. The standard InChI is InChI=1S/C9H20N2O3S/c1-7(2)4-8(10)5-11-9(12)6-15(3,13)14/h7-8H,4-6,10H2,1-3H3,(H,11,12). The number of hydrogen-bond donors (Lipinski definition) is 2. The number of rotatable bonds is 6. The first-order valence-electron chi connectivity index (χ1n) is 4.90. The molecule has 0 aromatic heterocycles. The summed E-state index contributed by atoms with van der Waals surface area (Å²) < 4.78 is 21.5. The number of nitrogens with two attached hydrogens (primary N) is 1. The first-order chi connectivity index (χ1) is 6.70. The minimum atomic E-state index is -3.25. The fourth-order valence-electron chi connectivity index (χ4n) is 1.22. The Kier molecular flexibility index (Phi) is 5.82. The van der Waals surface area contributed by atoms with E-state index in [9.17, 15) is 13.2 Å². The third kappa shape index (κ3) is 9.68. The number of carbonyl (C=O) groups is 1. The predicted molar refractivity (Wildman–Crippen MR) is 60.2 cm³/mol. The van der Waals surface area contributed by atoms with Crippen molar-refractivity contribution < 1.29 is 13.2 Å². The van der Waals surface area contributed by atoms with Crippen molar-refractivity contribution in [1.29, 1.82) is 0 Å². The van der Waals surface area contributed by atoms with Crippen molar-refractivity contribution in [3.8, 4) is 0 Å². The highest BCUT2D eigenvalue weighted by Gasteiger charge is 2.12. The number of amides is 1. The van der Waals surface area contributed by atoms with E-state index < -0.39 is 21.5 Å². The Morgan fingerprint density at radius 3 is 2.33 bits per heavy atom. The van der Waals surface area contributed by atoms with Crippen LogP contribution < -0.4 is 11.1 Å². The molecule has 15 heavy (non-hydrogen) atoms. The van der Waals surface area contributed by atoms with Gasteiger partial charge in [0, 0.05) is 18.8 Å². The van der Waals surface area contributed by atoms with Gasteiger partial charge in [0.05, 0.1) is 0 Å². The van der Waals surface area contributed by atoms with Crippen molar-refractivity contribution in [3.63, 3.8) is 0 Å². The molecule has 0 aliphatic heterocycles. The Balaban J connectivity index is 3.81. The maximum absolute atomic E-state index is 11.1. The first kappa shape index (κ1) is 14.4. The van der Waals surface area contributed by atoms with Gasteiger partial charge in [-0.3, -0.25) is 4.79 Å². The van der Waals surface area contributed by atoms with Crippen molar-refractivity contribution in [2.45, 2.75) is 26.3 Å². The minimum Gasteiger partial charge on any atom is -0.354 e. The van der Waals surface area contributed by atoms with Gasteiger partial charge in [0.1, 0.15) is 5.75 Å². The van der Waals surface area contributed by atoms with Gasteiger partial charge in [-0.15, -0.1) is 0 Å². The van der Waals surface area contributed by atoms with E-state index in [4.69, 9.17) is 5.73 Å². The molecule has 0 aliphatic rings. The lowest BCUT2D eigenvalue weighted by Gasteiger charge is -2.14. The van der Waals surface area contributed by atoms with Crippen LogP contribution in [0, 0.1) is 5.92 Å². The third-order valence-electron chi connectivity index (χ3n) is 1.73. The molecule has 1 unspecified atom stereocenters. The fourth-order valence-corrected chi connectivity index (χ4v) is 1.80. The number of nitrogens with one attached hydrogen (secondary N) is 1. The molecule has 0 aliphatic carbocycles. The molecule has 0 rings (SSSR count). The zero-order valence-electron chi connectivity index (χ0n) is 9.49. The molecule has 3 N–H and O–H groups in total. The monoisotopic (exact) mass is 236 g/mol. The molecule has 0 aromatic rings. The van der Waals surface area contributed by atoms with Gasteiger partial charge < -0.3 is 11.1 Å². The summed E-state index contributed by atoms with van der Waals surface area (Å²) in [5.41, 5.74) is 5.72. The molecule has 5 nitrogen and oxygen atoms in total. The van der Waals surface area contributed by atoms with Crippen LogP contribution in [0.3, 0.4) is 0 Å². The second-order valence-electron chi connectivity index (χ2n) is 4.26. The summed E-state index contributed by atoms with van der Waals surface area (Å²) in [4.78, 5) is 11.1. The van der Waals surface area contributed by atoms with E-state index in [0.717, 1.165) is 12.7 Å². The van der Waals surface area contributed by atoms with Gasteiger partial charge in [-0.1, -0.05) is 13.8 Å². The topological polar surface area (TPSA) is 89.3 Å². The lowest BCUT2D eigenvalue weighted by atomic mass is 10.0. The lowest BCUT2D eigenvalue weighted by molar-refractivity contribution is -0.118. The van der Waals surface area contributed by atoms with E-state index in [-0.39, 0.29) is 6.04 Å². The highest BCUT2D eigenvalue weighted by atomic mass is 32.2. The van der Waals surface area contributed by atoms with Gasteiger partial charge in [-0.2, -0.15) is 0 Å². The Morgan fingerprint density at radius 2 is 1.93 bits per heavy atom. The van der Waals surface area contributed by atoms with Crippen LogP contribution in [-0.4, -0.2) is 38.9 Å². The van der Waals surface area contributed by atoms with Gasteiger partial charge >= 0.3 is 0 Å². The SMILES string of the molecule is CC(C)CC(N)CNC(=O)CS(C)(=O)=O. The van der Waals surface area contributed by atoms with Crippen molar-refractivity contribution in [1.82, 2.24) is 5.32 Å². The quantitative estimate of drug-likeness (QED) is 0.652. The molecule has 90 valence electrons. The average molecular weight is 236 g/mol. The van der Waals surface area contributed by atoms with Crippen LogP contribution >= 0.6 is 0 Å². The van der Waals surface area contributed by atoms with Gasteiger partial charge in [0.2, 0.25) is 5.91 Å². The second kappa shape index (κ2) is 6.07. The third-order valence-corrected chi connectivity index (χ3v) is 2.52. The Hall–Kier alpha value is -0.620. The molecule has 6 heteroatoms. The van der Waals surface area contributed by atoms with Gasteiger partial charge in [0.15, 0.2) is 9.84 Å². The van der Waals surface area contributed by atoms with Crippen LogP contribution in [0.1, 0.15) is 20.3 Å². The van der Waals surface area contributed by atoms with E-state index in [0.29, 0.717) is 12.5 Å². The molecule has 0 bridgehead atoms. The van der Waals surface area contributed by atoms with E-state index >= 15 is 0 Å². The van der Waals surface area contributed by atoms with Crippen LogP contribution in [0.2, 0.25) is 0 Å². The normalized spacial score (nSPS) is 13.9. The average Bonchev–Trinajstić information content (AvgIpc) is 1.96. The molecule has 0 spiro atoms. The fraction of sp³-hybridized carbons (Fsp3) is 0.889. The van der Waals surface area contributed by atoms with Crippen molar-refractivity contribution >= 4 is 15.7 Å². The largest absolute Gasteiger partial charge is 0.354 e. The summed E-state index contributed by atoms with van der Waals surface area (Å²) >= 11 is 0. The van der Waals surface area contributed by atoms with Gasteiger partial charge in [-0.25, -0.2) is 8.42 Å². The summed E-state index contributed by atoms with van der Waals surface area (Å²) in [6.07, 6.45) is 1.83. The highest BCUT2D eigenvalue weighted by molar-refractivity contribution is 7.91. The van der Waals surface area contributed by atoms with Crippen molar-refractivity contribution in [3.05, 3.63) is 0 Å². The maximum atomic E-state index is 11.1. The van der Waals surface area contributed by atoms with Crippen LogP contribution in [0.15, 0.2) is 0 Å².